The number of halogens is 1. The van der Waals surface area contributed by atoms with Gasteiger partial charge in [-0.15, -0.1) is 24.0 Å². The highest BCUT2D eigenvalue weighted by Crippen LogP contribution is 2.31. The summed E-state index contributed by atoms with van der Waals surface area (Å²) >= 11 is 0. The van der Waals surface area contributed by atoms with Gasteiger partial charge in [0.2, 0.25) is 0 Å². The number of nitrogens with one attached hydrogen (secondary N) is 2. The van der Waals surface area contributed by atoms with E-state index in [0.717, 1.165) is 25.0 Å². The first kappa shape index (κ1) is 23.2. The van der Waals surface area contributed by atoms with Crippen LogP contribution < -0.4 is 10.6 Å². The largest absolute Gasteiger partial charge is 0.356 e. The maximum absolute atomic E-state index is 4.51. The second kappa shape index (κ2) is 11.8. The van der Waals surface area contributed by atoms with Crippen LogP contribution in [0.2, 0.25) is 0 Å². The fourth-order valence-corrected chi connectivity index (χ4v) is 5.11. The van der Waals surface area contributed by atoms with Gasteiger partial charge in [-0.1, -0.05) is 25.7 Å². The molecule has 158 valence electrons. The zero-order valence-corrected chi connectivity index (χ0v) is 20.0. The first-order valence-electron chi connectivity index (χ1n) is 11.1. The molecule has 0 aromatic heterocycles. The number of hydrogen-bond acceptors (Lipinski definition) is 3. The van der Waals surface area contributed by atoms with Gasteiger partial charge >= 0.3 is 0 Å². The molecule has 2 aliphatic heterocycles. The number of aliphatic imine (C=N–C) groups is 1. The number of piperidine rings is 2. The molecule has 3 fully saturated rings. The number of guanidine groups is 1. The second-order valence-corrected chi connectivity index (χ2v) is 8.89. The van der Waals surface area contributed by atoms with Crippen LogP contribution in [-0.2, 0) is 0 Å². The van der Waals surface area contributed by atoms with Gasteiger partial charge in [0.05, 0.1) is 0 Å². The summed E-state index contributed by atoms with van der Waals surface area (Å²) in [6, 6.07) is 0. The van der Waals surface area contributed by atoms with Crippen LogP contribution in [0.1, 0.15) is 64.2 Å². The number of likely N-dealkylation sites (tertiary alicyclic amines) is 2. The van der Waals surface area contributed by atoms with E-state index >= 15 is 0 Å². The first-order chi connectivity index (χ1) is 12.7. The second-order valence-electron chi connectivity index (χ2n) is 8.89. The van der Waals surface area contributed by atoms with Gasteiger partial charge in [-0.3, -0.25) is 9.89 Å². The molecule has 0 radical (unpaired) electrons. The van der Waals surface area contributed by atoms with Crippen LogP contribution in [0.3, 0.4) is 0 Å². The third-order valence-corrected chi connectivity index (χ3v) is 7.04. The Morgan fingerprint density at radius 2 is 1.56 bits per heavy atom. The molecule has 2 N–H and O–H groups in total. The van der Waals surface area contributed by atoms with E-state index in [-0.39, 0.29) is 24.0 Å². The molecule has 0 aromatic rings. The Morgan fingerprint density at radius 3 is 2.19 bits per heavy atom. The highest BCUT2D eigenvalue weighted by Gasteiger charge is 2.39. The molecule has 0 amide bonds. The van der Waals surface area contributed by atoms with Gasteiger partial charge in [0.15, 0.2) is 5.96 Å². The normalized spacial score (nSPS) is 25.6. The van der Waals surface area contributed by atoms with Crippen molar-refractivity contribution in [3.8, 4) is 0 Å². The molecule has 2 heterocycles. The van der Waals surface area contributed by atoms with E-state index in [1.807, 2.05) is 7.05 Å². The van der Waals surface area contributed by atoms with Gasteiger partial charge in [-0.25, -0.2) is 0 Å². The van der Waals surface area contributed by atoms with Gasteiger partial charge in [-0.2, -0.15) is 0 Å². The third-order valence-electron chi connectivity index (χ3n) is 7.04. The molecule has 2 saturated heterocycles. The lowest BCUT2D eigenvalue weighted by Gasteiger charge is -2.50. The van der Waals surface area contributed by atoms with Crippen molar-refractivity contribution in [3.05, 3.63) is 0 Å². The molecule has 3 rings (SSSR count). The quantitative estimate of drug-likeness (QED) is 0.352. The third kappa shape index (κ3) is 6.74. The summed E-state index contributed by atoms with van der Waals surface area (Å²) in [4.78, 5) is 9.79. The molecular weight excluding hydrogens is 449 g/mol. The van der Waals surface area contributed by atoms with E-state index in [2.05, 4.69) is 32.5 Å². The van der Waals surface area contributed by atoms with Gasteiger partial charge in [0.1, 0.15) is 0 Å². The summed E-state index contributed by atoms with van der Waals surface area (Å²) < 4.78 is 0. The number of nitrogens with zero attached hydrogens (tertiary/aromatic N) is 3. The first-order valence-corrected chi connectivity index (χ1v) is 11.1. The van der Waals surface area contributed by atoms with Crippen LogP contribution in [-0.4, -0.2) is 74.7 Å². The molecule has 0 aromatic carbocycles. The summed E-state index contributed by atoms with van der Waals surface area (Å²) in [6.07, 6.45) is 13.7. The standard InChI is InChI=1S/C21H41N5.HI/c1-22-20(23-17-19-9-5-3-6-10-19)24-18-21(11-15-25(2)16-12-21)26-13-7-4-8-14-26;/h19H,3-18H2,1-2H3,(H2,22,23,24);1H. The van der Waals surface area contributed by atoms with Crippen molar-refractivity contribution >= 4 is 29.9 Å². The van der Waals surface area contributed by atoms with Gasteiger partial charge in [0.25, 0.3) is 0 Å². The lowest BCUT2D eigenvalue weighted by molar-refractivity contribution is 0.0173. The molecule has 3 aliphatic rings. The molecule has 1 aliphatic carbocycles. The topological polar surface area (TPSA) is 42.9 Å². The molecular formula is C21H42IN5. The lowest BCUT2D eigenvalue weighted by Crippen LogP contribution is -2.62. The lowest BCUT2D eigenvalue weighted by atomic mass is 9.84. The SMILES string of the molecule is CN=C(NCC1CCCCC1)NCC1(N2CCCCC2)CCN(C)CC1.I. The van der Waals surface area contributed by atoms with E-state index in [0.29, 0.717) is 5.54 Å². The molecule has 1 saturated carbocycles. The van der Waals surface area contributed by atoms with Crippen LogP contribution in [0.5, 0.6) is 0 Å². The maximum atomic E-state index is 4.51. The summed E-state index contributed by atoms with van der Waals surface area (Å²) in [5, 5.41) is 7.33. The summed E-state index contributed by atoms with van der Waals surface area (Å²) in [7, 11) is 4.18. The molecule has 0 unspecified atom stereocenters. The molecule has 27 heavy (non-hydrogen) atoms. The van der Waals surface area contributed by atoms with Crippen molar-refractivity contribution in [2.45, 2.75) is 69.7 Å². The minimum Gasteiger partial charge on any atom is -0.356 e. The van der Waals surface area contributed by atoms with E-state index in [1.165, 1.54) is 90.4 Å². The fourth-order valence-electron chi connectivity index (χ4n) is 5.11. The molecule has 0 spiro atoms. The van der Waals surface area contributed by atoms with Gasteiger partial charge in [0, 0.05) is 25.7 Å². The zero-order chi connectivity index (χ0) is 18.2. The van der Waals surface area contributed by atoms with Crippen LogP contribution in [0.15, 0.2) is 4.99 Å². The van der Waals surface area contributed by atoms with E-state index in [1.54, 1.807) is 0 Å². The molecule has 0 atom stereocenters. The van der Waals surface area contributed by atoms with Gasteiger partial charge in [-0.05, 0) is 77.7 Å². The van der Waals surface area contributed by atoms with Crippen molar-refractivity contribution in [2.24, 2.45) is 10.9 Å². The van der Waals surface area contributed by atoms with E-state index < -0.39 is 0 Å². The summed E-state index contributed by atoms with van der Waals surface area (Å²) in [5.74, 6) is 1.84. The Balaban J connectivity index is 0.00000261. The minimum atomic E-state index is 0. The fraction of sp³-hybridized carbons (Fsp3) is 0.952. The van der Waals surface area contributed by atoms with Crippen LogP contribution in [0, 0.1) is 5.92 Å². The monoisotopic (exact) mass is 491 g/mol. The summed E-state index contributed by atoms with van der Waals surface area (Å²) in [6.45, 7) is 7.10. The van der Waals surface area contributed by atoms with E-state index in [9.17, 15) is 0 Å². The van der Waals surface area contributed by atoms with Crippen LogP contribution in [0.25, 0.3) is 0 Å². The predicted octanol–water partition coefficient (Wildman–Crippen LogP) is 3.30. The number of rotatable bonds is 5. The number of hydrogen-bond donors (Lipinski definition) is 2. The average Bonchev–Trinajstić information content (AvgIpc) is 2.71. The Morgan fingerprint density at radius 1 is 0.926 bits per heavy atom. The Kier molecular flexibility index (Phi) is 10.1. The summed E-state index contributed by atoms with van der Waals surface area (Å²) in [5.41, 5.74) is 0.315. The average molecular weight is 492 g/mol. The van der Waals surface area contributed by atoms with Gasteiger partial charge < -0.3 is 15.5 Å². The molecule has 5 nitrogen and oxygen atoms in total. The van der Waals surface area contributed by atoms with Crippen LogP contribution >= 0.6 is 24.0 Å². The predicted molar refractivity (Wildman–Crippen MR) is 126 cm³/mol. The smallest absolute Gasteiger partial charge is 0.191 e. The molecule has 0 bridgehead atoms. The Labute approximate surface area is 184 Å². The highest BCUT2D eigenvalue weighted by molar-refractivity contribution is 14.0. The van der Waals surface area contributed by atoms with Crippen molar-refractivity contribution < 1.29 is 0 Å². The minimum absolute atomic E-state index is 0. The Hall–Kier alpha value is -0.0800. The van der Waals surface area contributed by atoms with Crippen LogP contribution in [0.4, 0.5) is 0 Å². The molecule has 6 heteroatoms. The zero-order valence-electron chi connectivity index (χ0n) is 17.6. The maximum Gasteiger partial charge on any atom is 0.191 e. The Bertz CT molecular complexity index is 436. The van der Waals surface area contributed by atoms with Crippen molar-refractivity contribution in [2.75, 3.05) is 53.4 Å². The van der Waals surface area contributed by atoms with E-state index in [4.69, 9.17) is 0 Å². The van der Waals surface area contributed by atoms with Crippen molar-refractivity contribution in [1.29, 1.82) is 0 Å². The van der Waals surface area contributed by atoms with Crippen molar-refractivity contribution in [1.82, 2.24) is 20.4 Å². The highest BCUT2D eigenvalue weighted by atomic mass is 127. The van der Waals surface area contributed by atoms with Crippen molar-refractivity contribution in [3.63, 3.8) is 0 Å².